The molecule has 2 aliphatic rings. The normalized spacial score (nSPS) is 22.8. The molecular formula is C29H24N6O. The Labute approximate surface area is 209 Å². The number of ketones is 1. The van der Waals surface area contributed by atoms with E-state index in [-0.39, 0.29) is 23.2 Å². The number of rotatable bonds is 3. The summed E-state index contributed by atoms with van der Waals surface area (Å²) in [6, 6.07) is 18.1. The molecule has 7 heteroatoms. The average molecular weight is 473 g/mol. The third-order valence-electron chi connectivity index (χ3n) is 7.71. The maximum atomic E-state index is 12.9. The highest BCUT2D eigenvalue weighted by atomic mass is 16.1. The first-order chi connectivity index (χ1) is 17.5. The molecule has 0 fully saturated rings. The summed E-state index contributed by atoms with van der Waals surface area (Å²) in [6.45, 7) is 4.07. The molecule has 0 unspecified atom stereocenters. The molecule has 0 aliphatic heterocycles. The summed E-state index contributed by atoms with van der Waals surface area (Å²) in [4.78, 5) is 26.2. The van der Waals surface area contributed by atoms with Gasteiger partial charge < -0.3 is 0 Å². The summed E-state index contributed by atoms with van der Waals surface area (Å²) < 4.78 is 1.89. The zero-order valence-electron chi connectivity index (χ0n) is 20.1. The van der Waals surface area contributed by atoms with Gasteiger partial charge in [0.05, 0.1) is 17.0 Å². The van der Waals surface area contributed by atoms with Crippen molar-refractivity contribution in [3.05, 3.63) is 90.2 Å². The molecule has 3 heterocycles. The van der Waals surface area contributed by atoms with Crippen LogP contribution in [-0.4, -0.2) is 30.5 Å². The van der Waals surface area contributed by atoms with E-state index in [1.807, 2.05) is 60.3 Å². The number of carbonyl (C=O) groups excluding carboxylic acids is 1. The zero-order chi connectivity index (χ0) is 24.9. The lowest BCUT2D eigenvalue weighted by Crippen LogP contribution is -2.46. The van der Waals surface area contributed by atoms with Gasteiger partial charge in [-0.3, -0.25) is 4.79 Å². The minimum Gasteiger partial charge on any atom is -0.293 e. The molecular weight excluding hydrogens is 448 g/mol. The van der Waals surface area contributed by atoms with Crippen molar-refractivity contribution in [3.63, 3.8) is 0 Å². The first-order valence-corrected chi connectivity index (χ1v) is 12.1. The Bertz CT molecular complexity index is 1530. The molecule has 0 spiro atoms. The summed E-state index contributed by atoms with van der Waals surface area (Å²) in [5, 5.41) is 14.8. The first-order valence-electron chi connectivity index (χ1n) is 12.1. The van der Waals surface area contributed by atoms with Gasteiger partial charge in [-0.05, 0) is 42.5 Å². The predicted octanol–water partition coefficient (Wildman–Crippen LogP) is 4.88. The Morgan fingerprint density at radius 3 is 2.61 bits per heavy atom. The molecule has 3 atom stereocenters. The number of hydrogen-bond donors (Lipinski definition) is 0. The van der Waals surface area contributed by atoms with Crippen LogP contribution in [0.15, 0.2) is 78.9 Å². The number of carbonyl (C=O) groups is 1. The largest absolute Gasteiger partial charge is 0.293 e. The Kier molecular flexibility index (Phi) is 5.11. The Balaban J connectivity index is 1.57. The van der Waals surface area contributed by atoms with Gasteiger partial charge in [-0.1, -0.05) is 50.3 Å². The standard InChI is InChI=1S/C29H24N6O/c1-18-23-10-9-22-26(24-12-13-31-17-33-24)34-35(28(22)29(23,2)14-21(15-30)27(18)36)25-11-8-20(16-32-25)19-6-4-3-5-7-19/h3-8,11-14,16-18,23H,9-10H2,1-2H3/t18-,23-,29-/m1/s1. The number of Topliss-reactive ketones (excluding diaryl/α,β-unsaturated/α-hetero) is 1. The quantitative estimate of drug-likeness (QED) is 0.422. The highest BCUT2D eigenvalue weighted by molar-refractivity contribution is 6.02. The molecule has 0 bridgehead atoms. The van der Waals surface area contributed by atoms with Gasteiger partial charge >= 0.3 is 0 Å². The van der Waals surface area contributed by atoms with E-state index in [2.05, 4.69) is 35.1 Å². The summed E-state index contributed by atoms with van der Waals surface area (Å²) in [5.74, 6) is 0.425. The Morgan fingerprint density at radius 2 is 1.92 bits per heavy atom. The van der Waals surface area contributed by atoms with Crippen molar-refractivity contribution >= 4 is 5.78 Å². The van der Waals surface area contributed by atoms with E-state index in [0.29, 0.717) is 5.82 Å². The van der Waals surface area contributed by atoms with Crippen LogP contribution in [0.1, 0.15) is 31.5 Å². The molecule has 7 nitrogen and oxygen atoms in total. The van der Waals surface area contributed by atoms with E-state index in [1.54, 1.807) is 6.20 Å². The Morgan fingerprint density at radius 1 is 1.08 bits per heavy atom. The molecule has 4 aromatic rings. The lowest BCUT2D eigenvalue weighted by Gasteiger charge is -2.45. The van der Waals surface area contributed by atoms with Crippen molar-refractivity contribution in [1.29, 1.82) is 5.26 Å². The maximum Gasteiger partial charge on any atom is 0.176 e. The van der Waals surface area contributed by atoms with E-state index in [0.717, 1.165) is 46.6 Å². The summed E-state index contributed by atoms with van der Waals surface area (Å²) in [7, 11) is 0. The molecule has 0 saturated carbocycles. The van der Waals surface area contributed by atoms with Crippen molar-refractivity contribution < 1.29 is 4.79 Å². The molecule has 0 N–H and O–H groups in total. The average Bonchev–Trinajstić information content (AvgIpc) is 3.33. The van der Waals surface area contributed by atoms with Crippen molar-refractivity contribution in [3.8, 4) is 34.4 Å². The number of nitriles is 1. The van der Waals surface area contributed by atoms with Crippen LogP contribution in [-0.2, 0) is 16.6 Å². The molecule has 6 rings (SSSR count). The molecule has 176 valence electrons. The van der Waals surface area contributed by atoms with Crippen LogP contribution < -0.4 is 0 Å². The van der Waals surface area contributed by atoms with Gasteiger partial charge in [-0.2, -0.15) is 10.4 Å². The third-order valence-corrected chi connectivity index (χ3v) is 7.71. The van der Waals surface area contributed by atoms with Crippen LogP contribution in [0.25, 0.3) is 28.3 Å². The fourth-order valence-corrected chi connectivity index (χ4v) is 5.96. The van der Waals surface area contributed by atoms with Crippen molar-refractivity contribution in [2.45, 2.75) is 32.1 Å². The van der Waals surface area contributed by atoms with Gasteiger partial charge in [-0.25, -0.2) is 19.6 Å². The zero-order valence-corrected chi connectivity index (χ0v) is 20.1. The fraction of sp³-hybridized carbons (Fsp3) is 0.241. The van der Waals surface area contributed by atoms with Crippen LogP contribution in [0.2, 0.25) is 0 Å². The number of aromatic nitrogens is 5. The highest BCUT2D eigenvalue weighted by Crippen LogP contribution is 2.51. The minimum atomic E-state index is -0.552. The third kappa shape index (κ3) is 3.29. The molecule has 0 saturated heterocycles. The highest BCUT2D eigenvalue weighted by Gasteiger charge is 2.51. The van der Waals surface area contributed by atoms with Crippen molar-refractivity contribution in [2.75, 3.05) is 0 Å². The van der Waals surface area contributed by atoms with Gasteiger partial charge in [0.2, 0.25) is 0 Å². The molecule has 36 heavy (non-hydrogen) atoms. The van der Waals surface area contributed by atoms with Crippen molar-refractivity contribution in [1.82, 2.24) is 24.7 Å². The van der Waals surface area contributed by atoms with Gasteiger partial charge in [0.25, 0.3) is 0 Å². The number of pyridine rings is 1. The smallest absolute Gasteiger partial charge is 0.176 e. The van der Waals surface area contributed by atoms with Gasteiger partial charge in [-0.15, -0.1) is 0 Å². The van der Waals surface area contributed by atoms with Crippen LogP contribution in [0.3, 0.4) is 0 Å². The molecule has 3 aromatic heterocycles. The van der Waals surface area contributed by atoms with Crippen LogP contribution in [0.4, 0.5) is 0 Å². The fourth-order valence-electron chi connectivity index (χ4n) is 5.96. The summed E-state index contributed by atoms with van der Waals surface area (Å²) in [5.41, 5.74) is 5.36. The number of benzene rings is 1. The number of hydrogen-bond acceptors (Lipinski definition) is 6. The van der Waals surface area contributed by atoms with E-state index in [9.17, 15) is 10.1 Å². The second-order valence-corrected chi connectivity index (χ2v) is 9.70. The number of allylic oxidation sites excluding steroid dienone is 2. The summed E-state index contributed by atoms with van der Waals surface area (Å²) >= 11 is 0. The topological polar surface area (TPSA) is 97.4 Å². The molecule has 2 aliphatic carbocycles. The predicted molar refractivity (Wildman–Crippen MR) is 135 cm³/mol. The lowest BCUT2D eigenvalue weighted by molar-refractivity contribution is -0.121. The maximum absolute atomic E-state index is 12.9. The lowest BCUT2D eigenvalue weighted by atomic mass is 9.58. The molecule has 0 radical (unpaired) electrons. The number of fused-ring (bicyclic) bond motifs is 3. The van der Waals surface area contributed by atoms with Crippen molar-refractivity contribution in [2.24, 2.45) is 11.8 Å². The number of nitrogens with zero attached hydrogens (tertiary/aromatic N) is 6. The van der Waals surface area contributed by atoms with Gasteiger partial charge in [0.1, 0.15) is 18.1 Å². The second-order valence-electron chi connectivity index (χ2n) is 9.70. The molecule has 0 amide bonds. The van der Waals surface area contributed by atoms with E-state index in [4.69, 9.17) is 10.1 Å². The minimum absolute atomic E-state index is 0.0619. The van der Waals surface area contributed by atoms with E-state index < -0.39 is 5.41 Å². The SMILES string of the molecule is C[C@H]1C(=O)C(C#N)=C[C@@]2(C)c3c(c(-c4ccncn4)nn3-c3ccc(-c4ccccc4)cn3)CC[C@H]12. The van der Waals surface area contributed by atoms with Crippen LogP contribution in [0.5, 0.6) is 0 Å². The van der Waals surface area contributed by atoms with Crippen LogP contribution >= 0.6 is 0 Å². The first kappa shape index (κ1) is 22.1. The van der Waals surface area contributed by atoms with Crippen LogP contribution in [0, 0.1) is 23.2 Å². The van der Waals surface area contributed by atoms with Gasteiger partial charge in [0.15, 0.2) is 11.6 Å². The second kappa shape index (κ2) is 8.35. The monoisotopic (exact) mass is 472 g/mol. The van der Waals surface area contributed by atoms with Gasteiger partial charge in [0, 0.05) is 34.9 Å². The van der Waals surface area contributed by atoms with E-state index in [1.165, 1.54) is 6.33 Å². The summed E-state index contributed by atoms with van der Waals surface area (Å²) in [6.07, 6.45) is 8.55. The Hall–Kier alpha value is -4.44. The molecule has 1 aromatic carbocycles. The van der Waals surface area contributed by atoms with E-state index >= 15 is 0 Å².